The number of halogens is 1. The molecule has 8 heteroatoms. The number of hydrogen-bond acceptors (Lipinski definition) is 3. The van der Waals surface area contributed by atoms with Gasteiger partial charge in [-0.05, 0) is 61.1 Å². The molecule has 1 aromatic heterocycles. The van der Waals surface area contributed by atoms with E-state index in [1.54, 1.807) is 17.8 Å². The molecular formula is C20H23ClN4O3. The number of carbonyl (C=O) groups is 2. The Morgan fingerprint density at radius 3 is 2.71 bits per heavy atom. The van der Waals surface area contributed by atoms with E-state index in [1.807, 2.05) is 24.0 Å². The van der Waals surface area contributed by atoms with E-state index in [9.17, 15) is 14.7 Å². The van der Waals surface area contributed by atoms with Crippen LogP contribution in [-0.4, -0.2) is 49.8 Å². The Hall–Kier alpha value is -2.54. The van der Waals surface area contributed by atoms with Crippen LogP contribution in [0.3, 0.4) is 0 Å². The Labute approximate surface area is 168 Å². The second-order valence-electron chi connectivity index (χ2n) is 7.54. The third-order valence-corrected chi connectivity index (χ3v) is 5.93. The van der Waals surface area contributed by atoms with Crippen molar-refractivity contribution in [1.29, 1.82) is 0 Å². The number of amides is 2. The van der Waals surface area contributed by atoms with Gasteiger partial charge in [0.25, 0.3) is 5.91 Å². The molecule has 2 amide bonds. The first-order valence-corrected chi connectivity index (χ1v) is 9.83. The number of hydrogen-bond donors (Lipinski definition) is 1. The molecule has 0 radical (unpaired) electrons. The maximum Gasteiger partial charge on any atom is 0.407 e. The first-order chi connectivity index (χ1) is 13.3. The number of likely N-dealkylation sites (tertiary alicyclic amines) is 1. The number of nitrogens with zero attached hydrogens (tertiary/aromatic N) is 4. The van der Waals surface area contributed by atoms with Gasteiger partial charge in [0.2, 0.25) is 0 Å². The van der Waals surface area contributed by atoms with Gasteiger partial charge < -0.3 is 14.9 Å². The molecule has 0 bridgehead atoms. The molecule has 0 aliphatic carbocycles. The number of rotatable bonds is 2. The number of benzene rings is 1. The smallest absolute Gasteiger partial charge is 0.407 e. The summed E-state index contributed by atoms with van der Waals surface area (Å²) in [6, 6.07) is 5.40. The SMILES string of the molecule is Cc1cc(C(=O)N2CCc3cc(Cl)cc([C@@H]4CCCN4C(=O)O)c3C2)n(C)n1. The fraction of sp³-hybridized carbons (Fsp3) is 0.450. The molecule has 1 N–H and O–H groups in total. The predicted octanol–water partition coefficient (Wildman–Crippen LogP) is 3.40. The van der Waals surface area contributed by atoms with Crippen molar-refractivity contribution >= 4 is 23.6 Å². The van der Waals surface area contributed by atoms with Gasteiger partial charge >= 0.3 is 6.09 Å². The van der Waals surface area contributed by atoms with Gasteiger partial charge in [0.1, 0.15) is 5.69 Å². The van der Waals surface area contributed by atoms with E-state index in [4.69, 9.17) is 11.6 Å². The average molecular weight is 403 g/mol. The second kappa shape index (κ2) is 7.13. The molecule has 2 aliphatic heterocycles. The zero-order valence-corrected chi connectivity index (χ0v) is 16.7. The summed E-state index contributed by atoms with van der Waals surface area (Å²) in [5.74, 6) is -0.0591. The summed E-state index contributed by atoms with van der Waals surface area (Å²) >= 11 is 6.35. The molecule has 2 aliphatic rings. The zero-order valence-electron chi connectivity index (χ0n) is 16.0. The molecule has 1 aromatic carbocycles. The number of aryl methyl sites for hydroxylation is 2. The fourth-order valence-electron chi connectivity index (χ4n) is 4.42. The van der Waals surface area contributed by atoms with Crippen LogP contribution in [0.5, 0.6) is 0 Å². The van der Waals surface area contributed by atoms with Gasteiger partial charge in [0, 0.05) is 31.7 Å². The maximum absolute atomic E-state index is 13.1. The van der Waals surface area contributed by atoms with Crippen molar-refractivity contribution < 1.29 is 14.7 Å². The van der Waals surface area contributed by atoms with Gasteiger partial charge in [0.05, 0.1) is 11.7 Å². The van der Waals surface area contributed by atoms with Crippen molar-refractivity contribution in [3.63, 3.8) is 0 Å². The maximum atomic E-state index is 13.1. The third-order valence-electron chi connectivity index (χ3n) is 5.71. The summed E-state index contributed by atoms with van der Waals surface area (Å²) in [4.78, 5) is 28.0. The van der Waals surface area contributed by atoms with Crippen LogP contribution in [0.4, 0.5) is 4.79 Å². The molecule has 7 nitrogen and oxygen atoms in total. The molecule has 3 heterocycles. The lowest BCUT2D eigenvalue weighted by molar-refractivity contribution is 0.0721. The highest BCUT2D eigenvalue weighted by molar-refractivity contribution is 6.30. The Bertz CT molecular complexity index is 955. The topological polar surface area (TPSA) is 78.7 Å². The lowest BCUT2D eigenvalue weighted by Crippen LogP contribution is -2.38. The second-order valence-corrected chi connectivity index (χ2v) is 7.97. The number of carboxylic acid groups (broad SMARTS) is 1. The highest BCUT2D eigenvalue weighted by Crippen LogP contribution is 2.38. The van der Waals surface area contributed by atoms with E-state index in [1.165, 1.54) is 4.90 Å². The normalized spacial score (nSPS) is 19.0. The van der Waals surface area contributed by atoms with E-state index >= 15 is 0 Å². The van der Waals surface area contributed by atoms with Crippen molar-refractivity contribution in [2.75, 3.05) is 13.1 Å². The van der Waals surface area contributed by atoms with Crippen molar-refractivity contribution in [1.82, 2.24) is 19.6 Å². The van der Waals surface area contributed by atoms with Gasteiger partial charge in [-0.25, -0.2) is 4.79 Å². The molecule has 1 fully saturated rings. The predicted molar refractivity (Wildman–Crippen MR) is 105 cm³/mol. The molecule has 148 valence electrons. The summed E-state index contributed by atoms with van der Waals surface area (Å²) in [7, 11) is 1.77. The minimum atomic E-state index is -0.912. The third kappa shape index (κ3) is 3.24. The van der Waals surface area contributed by atoms with Crippen molar-refractivity contribution in [2.24, 2.45) is 7.05 Å². The number of carbonyl (C=O) groups excluding carboxylic acids is 1. The number of aromatic nitrogens is 2. The highest BCUT2D eigenvalue weighted by Gasteiger charge is 2.34. The molecule has 0 saturated carbocycles. The zero-order chi connectivity index (χ0) is 20.0. The molecule has 0 unspecified atom stereocenters. The van der Waals surface area contributed by atoms with Crippen molar-refractivity contribution in [3.05, 3.63) is 51.3 Å². The summed E-state index contributed by atoms with van der Waals surface area (Å²) in [5, 5.41) is 14.4. The molecule has 0 spiro atoms. The van der Waals surface area contributed by atoms with Crippen LogP contribution in [0.2, 0.25) is 5.02 Å². The van der Waals surface area contributed by atoms with Crippen LogP contribution >= 0.6 is 11.6 Å². The summed E-state index contributed by atoms with van der Waals surface area (Å²) in [5.41, 5.74) is 4.43. The Balaban J connectivity index is 1.69. The average Bonchev–Trinajstić information content (AvgIpc) is 3.26. The Morgan fingerprint density at radius 1 is 1.25 bits per heavy atom. The van der Waals surface area contributed by atoms with Crippen LogP contribution in [0.25, 0.3) is 0 Å². The summed E-state index contributed by atoms with van der Waals surface area (Å²) in [6.45, 7) is 3.44. The van der Waals surface area contributed by atoms with Gasteiger partial charge in [-0.3, -0.25) is 9.48 Å². The van der Waals surface area contributed by atoms with Gasteiger partial charge in [0.15, 0.2) is 0 Å². The minimum Gasteiger partial charge on any atom is -0.465 e. The van der Waals surface area contributed by atoms with E-state index in [0.29, 0.717) is 36.8 Å². The lowest BCUT2D eigenvalue weighted by atomic mass is 9.90. The standard InChI is InChI=1S/C20H23ClN4O3/c1-12-8-18(23(2)22-12)19(26)24-7-5-13-9-14(21)10-15(16(13)11-24)17-4-3-6-25(17)20(27)28/h8-10,17H,3-7,11H2,1-2H3,(H,27,28)/t17-/m0/s1. The molecule has 28 heavy (non-hydrogen) atoms. The van der Waals surface area contributed by atoms with Gasteiger partial charge in [-0.2, -0.15) is 5.10 Å². The largest absolute Gasteiger partial charge is 0.465 e. The summed E-state index contributed by atoms with van der Waals surface area (Å²) < 4.78 is 1.61. The molecule has 1 atom stereocenters. The number of fused-ring (bicyclic) bond motifs is 1. The molecule has 2 aromatic rings. The van der Waals surface area contributed by atoms with Crippen LogP contribution < -0.4 is 0 Å². The Morgan fingerprint density at radius 2 is 2.04 bits per heavy atom. The summed E-state index contributed by atoms with van der Waals surface area (Å²) in [6.07, 6.45) is 1.39. The van der Waals surface area contributed by atoms with E-state index in [-0.39, 0.29) is 11.9 Å². The lowest BCUT2D eigenvalue weighted by Gasteiger charge is -2.33. The molecule has 4 rings (SSSR count). The van der Waals surface area contributed by atoms with E-state index < -0.39 is 6.09 Å². The quantitative estimate of drug-likeness (QED) is 0.835. The minimum absolute atomic E-state index is 0.0591. The highest BCUT2D eigenvalue weighted by atomic mass is 35.5. The van der Waals surface area contributed by atoms with Crippen molar-refractivity contribution in [3.8, 4) is 0 Å². The first kappa shape index (κ1) is 18.8. The van der Waals surface area contributed by atoms with Gasteiger partial charge in [-0.1, -0.05) is 11.6 Å². The van der Waals surface area contributed by atoms with E-state index in [0.717, 1.165) is 35.2 Å². The fourth-order valence-corrected chi connectivity index (χ4v) is 4.67. The van der Waals surface area contributed by atoms with E-state index in [2.05, 4.69) is 5.10 Å². The van der Waals surface area contributed by atoms with Crippen LogP contribution in [0.15, 0.2) is 18.2 Å². The first-order valence-electron chi connectivity index (χ1n) is 9.46. The molecule has 1 saturated heterocycles. The van der Waals surface area contributed by atoms with Crippen LogP contribution in [0.1, 0.15) is 51.8 Å². The monoisotopic (exact) mass is 402 g/mol. The van der Waals surface area contributed by atoms with Crippen molar-refractivity contribution in [2.45, 2.75) is 38.8 Å². The Kier molecular flexibility index (Phi) is 4.79. The molecular weight excluding hydrogens is 380 g/mol. The van der Waals surface area contributed by atoms with Crippen LogP contribution in [-0.2, 0) is 20.0 Å². The van der Waals surface area contributed by atoms with Gasteiger partial charge in [-0.15, -0.1) is 0 Å². The van der Waals surface area contributed by atoms with Crippen LogP contribution in [0, 0.1) is 6.92 Å².